The fraction of sp³-hybridized carbons (Fsp3) is 0.462. The first-order valence-electron chi connectivity index (χ1n) is 5.81. The van der Waals surface area contributed by atoms with Crippen LogP contribution in [-0.2, 0) is 0 Å². The predicted octanol–water partition coefficient (Wildman–Crippen LogP) is 2.36. The summed E-state index contributed by atoms with van der Waals surface area (Å²) in [5.41, 5.74) is 0.254. The monoisotopic (exact) mass is 239 g/mol. The van der Waals surface area contributed by atoms with Crippen LogP contribution in [0.1, 0.15) is 24.2 Å². The summed E-state index contributed by atoms with van der Waals surface area (Å²) >= 11 is 0. The summed E-state index contributed by atoms with van der Waals surface area (Å²) in [6.07, 6.45) is 0.607. The lowest BCUT2D eigenvalue weighted by molar-refractivity contribution is 0.111. The van der Waals surface area contributed by atoms with Gasteiger partial charge in [-0.1, -0.05) is 13.8 Å². The number of hydrogen-bond acceptors (Lipinski definition) is 3. The molecule has 0 saturated heterocycles. The molecule has 0 amide bonds. The first-order valence-corrected chi connectivity index (χ1v) is 5.81. The first-order chi connectivity index (χ1) is 8.21. The molecule has 0 N–H and O–H groups in total. The van der Waals surface area contributed by atoms with E-state index in [2.05, 4.69) is 18.7 Å². The zero-order valence-corrected chi connectivity index (χ0v) is 10.3. The molecule has 0 aliphatic carbocycles. The van der Waals surface area contributed by atoms with Crippen molar-refractivity contribution < 1.29 is 13.9 Å². The molecule has 0 unspecified atom stereocenters. The molecule has 0 atom stereocenters. The minimum atomic E-state index is -0.428. The quantitative estimate of drug-likeness (QED) is 0.684. The van der Waals surface area contributed by atoms with Gasteiger partial charge in [0.2, 0.25) is 0 Å². The minimum Gasteiger partial charge on any atom is -0.492 e. The minimum absolute atomic E-state index is 0.254. The topological polar surface area (TPSA) is 29.5 Å². The highest BCUT2D eigenvalue weighted by Crippen LogP contribution is 2.17. The molecule has 0 aliphatic rings. The predicted molar refractivity (Wildman–Crippen MR) is 65.1 cm³/mol. The molecule has 0 bridgehead atoms. The van der Waals surface area contributed by atoms with Gasteiger partial charge >= 0.3 is 0 Å². The summed E-state index contributed by atoms with van der Waals surface area (Å²) in [6.45, 7) is 7.38. The van der Waals surface area contributed by atoms with Crippen molar-refractivity contribution in [3.05, 3.63) is 29.6 Å². The van der Waals surface area contributed by atoms with Crippen molar-refractivity contribution in [1.82, 2.24) is 4.90 Å². The molecule has 1 rings (SSSR count). The fourth-order valence-corrected chi connectivity index (χ4v) is 1.57. The lowest BCUT2D eigenvalue weighted by atomic mass is 10.2. The van der Waals surface area contributed by atoms with Crippen LogP contribution >= 0.6 is 0 Å². The zero-order valence-electron chi connectivity index (χ0n) is 10.3. The van der Waals surface area contributed by atoms with Gasteiger partial charge in [-0.15, -0.1) is 0 Å². The van der Waals surface area contributed by atoms with Crippen molar-refractivity contribution in [2.24, 2.45) is 0 Å². The van der Waals surface area contributed by atoms with E-state index in [1.54, 1.807) is 0 Å². The SMILES string of the molecule is CCN(CC)CCOc1ccc(F)cc1C=O. The smallest absolute Gasteiger partial charge is 0.153 e. The molecule has 1 aromatic rings. The van der Waals surface area contributed by atoms with Gasteiger partial charge in [-0.25, -0.2) is 4.39 Å². The summed E-state index contributed by atoms with van der Waals surface area (Å²) < 4.78 is 18.3. The number of carbonyl (C=O) groups is 1. The fourth-order valence-electron chi connectivity index (χ4n) is 1.57. The summed E-state index contributed by atoms with van der Waals surface area (Å²) in [6, 6.07) is 3.96. The highest BCUT2D eigenvalue weighted by molar-refractivity contribution is 5.79. The Morgan fingerprint density at radius 1 is 1.35 bits per heavy atom. The van der Waals surface area contributed by atoms with Gasteiger partial charge in [-0.3, -0.25) is 4.79 Å². The maximum Gasteiger partial charge on any atom is 0.153 e. The van der Waals surface area contributed by atoms with E-state index < -0.39 is 5.82 Å². The number of benzene rings is 1. The molecule has 1 aromatic carbocycles. The normalized spacial score (nSPS) is 10.6. The van der Waals surface area contributed by atoms with Crippen molar-refractivity contribution in [3.8, 4) is 5.75 Å². The summed E-state index contributed by atoms with van der Waals surface area (Å²) in [5, 5.41) is 0. The zero-order chi connectivity index (χ0) is 12.7. The number of hydrogen-bond donors (Lipinski definition) is 0. The molecule has 17 heavy (non-hydrogen) atoms. The van der Waals surface area contributed by atoms with E-state index in [0.29, 0.717) is 18.6 Å². The van der Waals surface area contributed by atoms with Gasteiger partial charge in [0.1, 0.15) is 18.2 Å². The van der Waals surface area contributed by atoms with E-state index in [0.717, 1.165) is 19.6 Å². The third-order valence-electron chi connectivity index (χ3n) is 2.66. The molecule has 3 nitrogen and oxygen atoms in total. The molecule has 0 spiro atoms. The van der Waals surface area contributed by atoms with Gasteiger partial charge in [-0.2, -0.15) is 0 Å². The average molecular weight is 239 g/mol. The van der Waals surface area contributed by atoms with Crippen LogP contribution in [0.2, 0.25) is 0 Å². The third-order valence-corrected chi connectivity index (χ3v) is 2.66. The number of nitrogens with zero attached hydrogens (tertiary/aromatic N) is 1. The molecule has 0 fully saturated rings. The number of carbonyl (C=O) groups excluding carboxylic acids is 1. The van der Waals surface area contributed by atoms with Crippen LogP contribution < -0.4 is 4.74 Å². The van der Waals surface area contributed by atoms with Gasteiger partial charge in [0.25, 0.3) is 0 Å². The summed E-state index contributed by atoms with van der Waals surface area (Å²) in [7, 11) is 0. The number of rotatable bonds is 7. The molecule has 0 saturated carbocycles. The molecular weight excluding hydrogens is 221 g/mol. The molecular formula is C13H18FNO2. The Bertz CT molecular complexity index is 364. The van der Waals surface area contributed by atoms with Gasteiger partial charge < -0.3 is 9.64 Å². The standard InChI is InChI=1S/C13H18FNO2/c1-3-15(4-2)7-8-17-13-6-5-12(14)9-11(13)10-16/h5-6,9-10H,3-4,7-8H2,1-2H3. The molecule has 0 aromatic heterocycles. The Morgan fingerprint density at radius 3 is 2.65 bits per heavy atom. The van der Waals surface area contributed by atoms with E-state index in [4.69, 9.17) is 4.74 Å². The van der Waals surface area contributed by atoms with Crippen LogP contribution in [0.15, 0.2) is 18.2 Å². The Labute approximate surface area is 101 Å². The van der Waals surface area contributed by atoms with E-state index >= 15 is 0 Å². The number of ether oxygens (including phenoxy) is 1. The van der Waals surface area contributed by atoms with E-state index in [1.807, 2.05) is 0 Å². The lowest BCUT2D eigenvalue weighted by Gasteiger charge is -2.18. The molecule has 4 heteroatoms. The van der Waals surface area contributed by atoms with Gasteiger partial charge in [0, 0.05) is 6.54 Å². The van der Waals surface area contributed by atoms with Crippen molar-refractivity contribution in [2.75, 3.05) is 26.2 Å². The highest BCUT2D eigenvalue weighted by atomic mass is 19.1. The maximum atomic E-state index is 12.9. The average Bonchev–Trinajstić information content (AvgIpc) is 2.36. The Morgan fingerprint density at radius 2 is 2.06 bits per heavy atom. The van der Waals surface area contributed by atoms with Gasteiger partial charge in [0.05, 0.1) is 5.56 Å². The van der Waals surface area contributed by atoms with Crippen molar-refractivity contribution >= 4 is 6.29 Å². The maximum absolute atomic E-state index is 12.9. The molecule has 0 radical (unpaired) electrons. The first kappa shape index (κ1) is 13.6. The van der Waals surface area contributed by atoms with Crippen molar-refractivity contribution in [1.29, 1.82) is 0 Å². The number of likely N-dealkylation sites (N-methyl/N-ethyl adjacent to an activating group) is 1. The largest absolute Gasteiger partial charge is 0.492 e. The van der Waals surface area contributed by atoms with Gasteiger partial charge in [-0.05, 0) is 31.3 Å². The molecule has 0 aliphatic heterocycles. The van der Waals surface area contributed by atoms with Gasteiger partial charge in [0.15, 0.2) is 6.29 Å². The Balaban J connectivity index is 2.54. The summed E-state index contributed by atoms with van der Waals surface area (Å²) in [4.78, 5) is 12.9. The third kappa shape index (κ3) is 4.15. The van der Waals surface area contributed by atoms with Crippen molar-refractivity contribution in [3.63, 3.8) is 0 Å². The molecule has 0 heterocycles. The highest BCUT2D eigenvalue weighted by Gasteiger charge is 2.05. The van der Waals surface area contributed by atoms with Crippen LogP contribution in [0.3, 0.4) is 0 Å². The van der Waals surface area contributed by atoms with E-state index in [9.17, 15) is 9.18 Å². The Kier molecular flexibility index (Phi) is 5.63. The number of aldehydes is 1. The van der Waals surface area contributed by atoms with Crippen molar-refractivity contribution in [2.45, 2.75) is 13.8 Å². The van der Waals surface area contributed by atoms with E-state index in [-0.39, 0.29) is 5.56 Å². The Hall–Kier alpha value is -1.42. The summed E-state index contributed by atoms with van der Waals surface area (Å²) in [5.74, 6) is 0.0109. The number of halogens is 1. The second-order valence-electron chi connectivity index (χ2n) is 3.68. The van der Waals surface area contributed by atoms with Crippen LogP contribution in [-0.4, -0.2) is 37.4 Å². The van der Waals surface area contributed by atoms with Crippen LogP contribution in [0.25, 0.3) is 0 Å². The van der Waals surface area contributed by atoms with Crippen LogP contribution in [0.4, 0.5) is 4.39 Å². The van der Waals surface area contributed by atoms with Crippen LogP contribution in [0, 0.1) is 5.82 Å². The second kappa shape index (κ2) is 7.01. The van der Waals surface area contributed by atoms with E-state index in [1.165, 1.54) is 18.2 Å². The second-order valence-corrected chi connectivity index (χ2v) is 3.68. The van der Waals surface area contributed by atoms with Crippen LogP contribution in [0.5, 0.6) is 5.75 Å². The lowest BCUT2D eigenvalue weighted by Crippen LogP contribution is -2.28. The molecule has 94 valence electrons.